The molecule has 2 aliphatic heterocycles. The van der Waals surface area contributed by atoms with Gasteiger partial charge in [0.2, 0.25) is 0 Å². The number of fused-ring (bicyclic) bond motifs is 3. The average Bonchev–Trinajstić information content (AvgIpc) is 4.02. The molecule has 6 heteroatoms. The SMILES string of the molecule is Cc1ccc(C2(c3ccc(C)c(C)c3OCC(C)OCC3CO3)c3ccccc3-c3ccccc32)c(OCC(C)OCC2CO2)c1C. The first kappa shape index (κ1) is 31.9. The molecule has 4 aromatic carbocycles. The van der Waals surface area contributed by atoms with E-state index in [2.05, 4.69) is 114 Å². The molecule has 2 fully saturated rings. The van der Waals surface area contributed by atoms with Crippen LogP contribution in [0.15, 0.2) is 72.8 Å². The predicted molar refractivity (Wildman–Crippen MR) is 184 cm³/mol. The summed E-state index contributed by atoms with van der Waals surface area (Å²) < 4.78 is 36.7. The highest BCUT2D eigenvalue weighted by atomic mass is 16.6. The maximum absolute atomic E-state index is 6.87. The molecule has 4 aromatic rings. The summed E-state index contributed by atoms with van der Waals surface area (Å²) in [7, 11) is 0. The van der Waals surface area contributed by atoms with Crippen LogP contribution in [0.1, 0.15) is 58.4 Å². The van der Waals surface area contributed by atoms with Gasteiger partial charge in [0, 0.05) is 11.1 Å². The zero-order valence-electron chi connectivity index (χ0n) is 28.4. The monoisotopic (exact) mass is 634 g/mol. The van der Waals surface area contributed by atoms with E-state index in [1.807, 2.05) is 0 Å². The Kier molecular flexibility index (Phi) is 8.88. The van der Waals surface area contributed by atoms with Crippen LogP contribution < -0.4 is 9.47 Å². The lowest BCUT2D eigenvalue weighted by Gasteiger charge is -2.37. The Morgan fingerprint density at radius 2 is 1.00 bits per heavy atom. The molecule has 2 heterocycles. The fourth-order valence-electron chi connectivity index (χ4n) is 6.87. The van der Waals surface area contributed by atoms with E-state index in [4.69, 9.17) is 28.4 Å². The molecule has 0 radical (unpaired) electrons. The highest BCUT2D eigenvalue weighted by molar-refractivity contribution is 5.88. The Morgan fingerprint density at radius 3 is 1.40 bits per heavy atom. The van der Waals surface area contributed by atoms with Gasteiger partial charge in [-0.05, 0) is 86.1 Å². The number of epoxide rings is 2. The van der Waals surface area contributed by atoms with E-state index in [0.717, 1.165) is 47.0 Å². The number of benzene rings is 4. The molecule has 4 atom stereocenters. The molecule has 0 aromatic heterocycles. The van der Waals surface area contributed by atoms with Crippen LogP contribution in [0.3, 0.4) is 0 Å². The molecule has 0 amide bonds. The first-order valence-corrected chi connectivity index (χ1v) is 16.9. The van der Waals surface area contributed by atoms with E-state index < -0.39 is 5.41 Å². The molecule has 0 bridgehead atoms. The molecular formula is C41H46O6. The van der Waals surface area contributed by atoms with Crippen molar-refractivity contribution in [3.63, 3.8) is 0 Å². The molecule has 3 aliphatic rings. The number of ether oxygens (including phenoxy) is 6. The molecule has 2 saturated heterocycles. The first-order valence-electron chi connectivity index (χ1n) is 16.9. The maximum Gasteiger partial charge on any atom is 0.127 e. The molecule has 4 unspecified atom stereocenters. The van der Waals surface area contributed by atoms with Crippen molar-refractivity contribution in [1.82, 2.24) is 0 Å². The second kappa shape index (κ2) is 13.1. The van der Waals surface area contributed by atoms with Gasteiger partial charge in [-0.15, -0.1) is 0 Å². The summed E-state index contributed by atoms with van der Waals surface area (Å²) in [5.74, 6) is 1.78. The quantitative estimate of drug-likeness (QED) is 0.117. The third kappa shape index (κ3) is 6.09. The number of aryl methyl sites for hydroxylation is 2. The molecule has 7 rings (SSSR count). The summed E-state index contributed by atoms with van der Waals surface area (Å²) in [5, 5.41) is 0. The van der Waals surface area contributed by atoms with Gasteiger partial charge in [0.1, 0.15) is 36.9 Å². The van der Waals surface area contributed by atoms with Gasteiger partial charge in [-0.2, -0.15) is 0 Å². The van der Waals surface area contributed by atoms with Gasteiger partial charge in [0.25, 0.3) is 0 Å². The van der Waals surface area contributed by atoms with Crippen molar-refractivity contribution in [3.8, 4) is 22.6 Å². The highest BCUT2D eigenvalue weighted by Gasteiger charge is 2.49. The highest BCUT2D eigenvalue weighted by Crippen LogP contribution is 2.60. The van der Waals surface area contributed by atoms with Crippen LogP contribution in [0.25, 0.3) is 11.1 Å². The Labute approximate surface area is 278 Å². The van der Waals surface area contributed by atoms with Crippen molar-refractivity contribution in [2.75, 3.05) is 39.6 Å². The minimum absolute atomic E-state index is 0.0888. The van der Waals surface area contributed by atoms with Gasteiger partial charge in [-0.1, -0.05) is 72.8 Å². The van der Waals surface area contributed by atoms with Crippen LogP contribution in [-0.2, 0) is 24.4 Å². The summed E-state index contributed by atoms with van der Waals surface area (Å²) in [6.07, 6.45) is 0.242. The van der Waals surface area contributed by atoms with Gasteiger partial charge in [-0.25, -0.2) is 0 Å². The second-order valence-corrected chi connectivity index (χ2v) is 13.4. The molecule has 47 heavy (non-hydrogen) atoms. The summed E-state index contributed by atoms with van der Waals surface area (Å²) in [5.41, 5.74) is 11.0. The molecule has 0 saturated carbocycles. The van der Waals surface area contributed by atoms with Crippen LogP contribution in [0.4, 0.5) is 0 Å². The van der Waals surface area contributed by atoms with Crippen LogP contribution in [0.5, 0.6) is 11.5 Å². The maximum atomic E-state index is 6.87. The zero-order valence-corrected chi connectivity index (χ0v) is 28.4. The predicted octanol–water partition coefficient (Wildman–Crippen LogP) is 7.65. The summed E-state index contributed by atoms with van der Waals surface area (Å²) in [6, 6.07) is 26.6. The Hall–Kier alpha value is -3.68. The fraction of sp³-hybridized carbons (Fsp3) is 0.415. The fourth-order valence-corrected chi connectivity index (χ4v) is 6.87. The van der Waals surface area contributed by atoms with Crippen molar-refractivity contribution in [2.24, 2.45) is 0 Å². The lowest BCUT2D eigenvalue weighted by Crippen LogP contribution is -2.32. The lowest BCUT2D eigenvalue weighted by atomic mass is 9.66. The molecule has 246 valence electrons. The first-order chi connectivity index (χ1) is 22.8. The Balaban J connectivity index is 1.40. The van der Waals surface area contributed by atoms with E-state index in [0.29, 0.717) is 26.4 Å². The lowest BCUT2D eigenvalue weighted by molar-refractivity contribution is 0.0232. The molecular weight excluding hydrogens is 588 g/mol. The smallest absolute Gasteiger partial charge is 0.127 e. The minimum atomic E-state index is -0.702. The number of rotatable bonds is 14. The summed E-state index contributed by atoms with van der Waals surface area (Å²) in [4.78, 5) is 0. The standard InChI is InChI=1S/C41H46O6/c1-25-15-17-37(39(29(25)5)46-19-27(3)42-21-31-23-44-31)41(35-13-9-7-11-33(35)34-12-8-10-14-36(34)41)38-18-16-26(2)30(6)40(38)47-20-28(4)43-22-32-24-45-32/h7-18,27-28,31-32H,19-24H2,1-6H3. The van der Waals surface area contributed by atoms with E-state index >= 15 is 0 Å². The molecule has 6 nitrogen and oxygen atoms in total. The molecule has 0 spiro atoms. The van der Waals surface area contributed by atoms with E-state index in [1.54, 1.807) is 0 Å². The van der Waals surface area contributed by atoms with E-state index in [1.165, 1.54) is 33.4 Å². The topological polar surface area (TPSA) is 62.0 Å². The third-order valence-corrected chi connectivity index (χ3v) is 9.98. The van der Waals surface area contributed by atoms with Crippen LogP contribution in [0.2, 0.25) is 0 Å². The number of hydrogen-bond acceptors (Lipinski definition) is 6. The zero-order chi connectivity index (χ0) is 32.7. The Bertz CT molecular complexity index is 1620. The molecule has 0 N–H and O–H groups in total. The van der Waals surface area contributed by atoms with E-state index in [-0.39, 0.29) is 24.4 Å². The minimum Gasteiger partial charge on any atom is -0.490 e. The van der Waals surface area contributed by atoms with Gasteiger partial charge in [0.05, 0.1) is 44.1 Å². The van der Waals surface area contributed by atoms with E-state index in [9.17, 15) is 0 Å². The van der Waals surface area contributed by atoms with Crippen molar-refractivity contribution in [2.45, 2.75) is 71.4 Å². The normalized spacial score (nSPS) is 19.9. The van der Waals surface area contributed by atoms with Crippen molar-refractivity contribution in [1.29, 1.82) is 0 Å². The summed E-state index contributed by atoms with van der Waals surface area (Å²) >= 11 is 0. The number of hydrogen-bond donors (Lipinski definition) is 0. The summed E-state index contributed by atoms with van der Waals surface area (Å²) in [6.45, 7) is 16.4. The second-order valence-electron chi connectivity index (χ2n) is 13.4. The Morgan fingerprint density at radius 1 is 0.596 bits per heavy atom. The largest absolute Gasteiger partial charge is 0.490 e. The van der Waals surface area contributed by atoms with Crippen LogP contribution >= 0.6 is 0 Å². The van der Waals surface area contributed by atoms with Gasteiger partial charge < -0.3 is 28.4 Å². The van der Waals surface area contributed by atoms with Crippen molar-refractivity contribution >= 4 is 0 Å². The third-order valence-electron chi connectivity index (χ3n) is 9.98. The van der Waals surface area contributed by atoms with Gasteiger partial charge in [0.15, 0.2) is 0 Å². The molecule has 1 aliphatic carbocycles. The van der Waals surface area contributed by atoms with Gasteiger partial charge >= 0.3 is 0 Å². The van der Waals surface area contributed by atoms with Crippen molar-refractivity contribution in [3.05, 3.63) is 117 Å². The van der Waals surface area contributed by atoms with Crippen LogP contribution in [-0.4, -0.2) is 64.1 Å². The van der Waals surface area contributed by atoms with Crippen LogP contribution in [0, 0.1) is 27.7 Å². The van der Waals surface area contributed by atoms with Gasteiger partial charge in [-0.3, -0.25) is 0 Å². The van der Waals surface area contributed by atoms with Crippen molar-refractivity contribution < 1.29 is 28.4 Å². The average molecular weight is 635 g/mol.